The zero-order chi connectivity index (χ0) is 23.9. The summed E-state index contributed by atoms with van der Waals surface area (Å²) in [4.78, 5) is 29.9. The van der Waals surface area contributed by atoms with Crippen LogP contribution in [0.1, 0.15) is 51.5 Å². The number of rotatable bonds is 3. The number of Topliss-reactive ketones (excluding diaryl/α,β-unsaturated/α-hetero) is 1. The van der Waals surface area contributed by atoms with E-state index in [4.69, 9.17) is 9.47 Å². The summed E-state index contributed by atoms with van der Waals surface area (Å²) in [5.41, 5.74) is -0.764. The molecule has 9 atom stereocenters. The SMILES string of the molecule is C[C@]12C=CC(=O)CC1=CC[C@@H]1[C@@H]2[C@@H](O)C[C@@]2(C)[C@H]1C[C@H]1OC(c3ccccn3)O[C@]12C(=O)CO. The van der Waals surface area contributed by atoms with Crippen LogP contribution in [0.2, 0.25) is 0 Å². The molecule has 1 aliphatic heterocycles. The van der Waals surface area contributed by atoms with Gasteiger partial charge in [-0.25, -0.2) is 0 Å². The van der Waals surface area contributed by atoms with E-state index in [1.807, 2.05) is 25.1 Å². The number of ether oxygens (including phenoxy) is 2. The number of aromatic nitrogens is 1. The number of aliphatic hydroxyl groups is 2. The van der Waals surface area contributed by atoms with E-state index in [0.29, 0.717) is 25.0 Å². The molecule has 4 aliphatic carbocycles. The van der Waals surface area contributed by atoms with Crippen LogP contribution in [-0.2, 0) is 19.1 Å². The van der Waals surface area contributed by atoms with Gasteiger partial charge in [0, 0.05) is 29.4 Å². The highest BCUT2D eigenvalue weighted by molar-refractivity contribution is 5.93. The van der Waals surface area contributed by atoms with Crippen molar-refractivity contribution < 1.29 is 29.3 Å². The highest BCUT2D eigenvalue weighted by Crippen LogP contribution is 2.70. The molecule has 7 nitrogen and oxygen atoms in total. The maximum atomic E-state index is 13.4. The molecule has 2 saturated carbocycles. The Bertz CT molecular complexity index is 1100. The normalized spacial score (nSPS) is 46.8. The minimum atomic E-state index is -1.34. The van der Waals surface area contributed by atoms with Crippen LogP contribution in [-0.4, -0.2) is 51.2 Å². The molecule has 0 spiro atoms. The fourth-order valence-electron chi connectivity index (χ4n) is 8.24. The molecule has 0 bridgehead atoms. The lowest BCUT2D eigenvalue weighted by molar-refractivity contribution is -0.199. The second kappa shape index (κ2) is 7.40. The van der Waals surface area contributed by atoms with Gasteiger partial charge in [-0.05, 0) is 49.3 Å². The molecule has 7 heteroatoms. The maximum Gasteiger partial charge on any atom is 0.202 e. The molecule has 0 aromatic carbocycles. The van der Waals surface area contributed by atoms with Gasteiger partial charge in [-0.3, -0.25) is 14.6 Å². The van der Waals surface area contributed by atoms with Crippen LogP contribution in [0.15, 0.2) is 48.2 Å². The molecule has 1 unspecified atom stereocenters. The van der Waals surface area contributed by atoms with E-state index >= 15 is 0 Å². The van der Waals surface area contributed by atoms with E-state index in [1.165, 1.54) is 0 Å². The third-order valence-electron chi connectivity index (χ3n) is 9.68. The van der Waals surface area contributed by atoms with Gasteiger partial charge in [0.05, 0.1) is 17.9 Å². The third-order valence-corrected chi connectivity index (χ3v) is 9.68. The first-order valence-corrected chi connectivity index (χ1v) is 12.2. The minimum absolute atomic E-state index is 0.0541. The highest BCUT2D eigenvalue weighted by Gasteiger charge is 2.75. The number of nitrogens with zero attached hydrogens (tertiary/aromatic N) is 1. The lowest BCUT2D eigenvalue weighted by Crippen LogP contribution is -2.63. The smallest absolute Gasteiger partial charge is 0.202 e. The van der Waals surface area contributed by atoms with Crippen molar-refractivity contribution >= 4 is 11.6 Å². The fourth-order valence-corrected chi connectivity index (χ4v) is 8.24. The van der Waals surface area contributed by atoms with Gasteiger partial charge in [0.1, 0.15) is 6.61 Å². The highest BCUT2D eigenvalue weighted by atomic mass is 16.7. The van der Waals surface area contributed by atoms with Crippen molar-refractivity contribution in [1.82, 2.24) is 4.98 Å². The molecule has 2 N–H and O–H groups in total. The van der Waals surface area contributed by atoms with Crippen LogP contribution in [0.4, 0.5) is 0 Å². The Kier molecular flexibility index (Phi) is 4.85. The zero-order valence-corrected chi connectivity index (χ0v) is 19.5. The molecule has 6 rings (SSSR count). The van der Waals surface area contributed by atoms with Gasteiger partial charge in [0.2, 0.25) is 6.29 Å². The van der Waals surface area contributed by atoms with E-state index in [1.54, 1.807) is 18.3 Å². The first kappa shape index (κ1) is 22.3. The fraction of sp³-hybridized carbons (Fsp3) is 0.593. The quantitative estimate of drug-likeness (QED) is 0.661. The molecule has 180 valence electrons. The Hall–Kier alpha value is -2.19. The predicted molar refractivity (Wildman–Crippen MR) is 121 cm³/mol. The van der Waals surface area contributed by atoms with Crippen LogP contribution in [0.5, 0.6) is 0 Å². The van der Waals surface area contributed by atoms with Crippen molar-refractivity contribution in [3.8, 4) is 0 Å². The summed E-state index contributed by atoms with van der Waals surface area (Å²) < 4.78 is 12.8. The zero-order valence-electron chi connectivity index (χ0n) is 19.5. The molecule has 2 heterocycles. The molecular formula is C27H31NO6. The number of fused-ring (bicyclic) bond motifs is 7. The molecule has 3 fully saturated rings. The van der Waals surface area contributed by atoms with Gasteiger partial charge in [-0.2, -0.15) is 0 Å². The number of hydrogen-bond donors (Lipinski definition) is 2. The van der Waals surface area contributed by atoms with Crippen LogP contribution >= 0.6 is 0 Å². The summed E-state index contributed by atoms with van der Waals surface area (Å²) in [6, 6.07) is 5.46. The number of ketones is 2. The van der Waals surface area contributed by atoms with Crippen molar-refractivity contribution in [1.29, 1.82) is 0 Å². The molecule has 1 aromatic rings. The van der Waals surface area contributed by atoms with Crippen LogP contribution in [0, 0.1) is 28.6 Å². The van der Waals surface area contributed by atoms with Gasteiger partial charge in [-0.15, -0.1) is 0 Å². The van der Waals surface area contributed by atoms with E-state index in [9.17, 15) is 19.8 Å². The van der Waals surface area contributed by atoms with Crippen molar-refractivity contribution in [3.63, 3.8) is 0 Å². The van der Waals surface area contributed by atoms with Crippen molar-refractivity contribution in [2.45, 2.75) is 63.6 Å². The van der Waals surface area contributed by atoms with Gasteiger partial charge in [0.15, 0.2) is 17.2 Å². The van der Waals surface area contributed by atoms with E-state index in [2.05, 4.69) is 18.0 Å². The van der Waals surface area contributed by atoms with Crippen molar-refractivity contribution in [2.24, 2.45) is 28.6 Å². The van der Waals surface area contributed by atoms with Crippen LogP contribution in [0.25, 0.3) is 0 Å². The molecule has 5 aliphatic rings. The summed E-state index contributed by atoms with van der Waals surface area (Å²) in [5.74, 6) is -0.182. The first-order valence-electron chi connectivity index (χ1n) is 12.2. The number of hydrogen-bond acceptors (Lipinski definition) is 7. The maximum absolute atomic E-state index is 13.4. The van der Waals surface area contributed by atoms with E-state index in [-0.39, 0.29) is 29.0 Å². The minimum Gasteiger partial charge on any atom is -0.393 e. The third kappa shape index (κ3) is 2.70. The Morgan fingerprint density at radius 1 is 1.29 bits per heavy atom. The predicted octanol–water partition coefficient (Wildman–Crippen LogP) is 2.68. The number of carbonyl (C=O) groups excluding carboxylic acids is 2. The summed E-state index contributed by atoms with van der Waals surface area (Å²) in [6.45, 7) is 3.50. The van der Waals surface area contributed by atoms with Crippen LogP contribution in [0.3, 0.4) is 0 Å². The topological polar surface area (TPSA) is 106 Å². The Morgan fingerprint density at radius 2 is 2.12 bits per heavy atom. The largest absolute Gasteiger partial charge is 0.393 e. The average Bonchev–Trinajstić information content (AvgIpc) is 3.32. The average molecular weight is 466 g/mol. The number of pyridine rings is 1. The second-order valence-electron chi connectivity index (χ2n) is 11.1. The Balaban J connectivity index is 1.41. The molecular weight excluding hydrogens is 434 g/mol. The van der Waals surface area contributed by atoms with Gasteiger partial charge in [0.25, 0.3) is 0 Å². The van der Waals surface area contributed by atoms with E-state index < -0.39 is 41.9 Å². The Morgan fingerprint density at radius 3 is 2.85 bits per heavy atom. The summed E-state index contributed by atoms with van der Waals surface area (Å²) in [6.07, 6.45) is 7.58. The number of carbonyl (C=O) groups is 2. The van der Waals surface area contributed by atoms with Crippen LogP contribution < -0.4 is 0 Å². The molecule has 0 radical (unpaired) electrons. The molecule has 0 amide bonds. The van der Waals surface area contributed by atoms with Crippen molar-refractivity contribution in [2.75, 3.05) is 6.61 Å². The second-order valence-corrected chi connectivity index (χ2v) is 11.1. The van der Waals surface area contributed by atoms with Crippen molar-refractivity contribution in [3.05, 3.63) is 53.9 Å². The summed E-state index contributed by atoms with van der Waals surface area (Å²) in [5, 5.41) is 21.6. The Labute approximate surface area is 198 Å². The lowest BCUT2D eigenvalue weighted by Gasteiger charge is -2.59. The summed E-state index contributed by atoms with van der Waals surface area (Å²) in [7, 11) is 0. The number of aliphatic hydroxyl groups excluding tert-OH is 2. The van der Waals surface area contributed by atoms with Gasteiger partial charge in [-0.1, -0.05) is 37.6 Å². The van der Waals surface area contributed by atoms with Gasteiger partial charge >= 0.3 is 0 Å². The summed E-state index contributed by atoms with van der Waals surface area (Å²) >= 11 is 0. The number of allylic oxidation sites excluding steroid dienone is 4. The van der Waals surface area contributed by atoms with Gasteiger partial charge < -0.3 is 19.7 Å². The molecule has 34 heavy (non-hydrogen) atoms. The lowest BCUT2D eigenvalue weighted by atomic mass is 9.47. The molecule has 1 saturated heterocycles. The standard InChI is InChI=1S/C27H31NO6/c1-25-9-8-16(30)11-15(25)6-7-17-18-12-22-27(21(32)14-29,26(18,2)13-20(31)23(17)25)34-24(33-22)19-5-3-4-10-28-19/h3-6,8-10,17-18,20,22-24,29,31H,7,11-14H2,1-2H3/t17-,18-,20-,22+,23+,24?,25-,26-,27+/m0/s1. The first-order chi connectivity index (χ1) is 16.2. The monoisotopic (exact) mass is 465 g/mol. The van der Waals surface area contributed by atoms with E-state index in [0.717, 1.165) is 12.0 Å². The molecule has 1 aromatic heterocycles.